The molecule has 0 heterocycles. The van der Waals surface area contributed by atoms with Gasteiger partial charge in [0.2, 0.25) is 0 Å². The van der Waals surface area contributed by atoms with Crippen molar-refractivity contribution in [1.82, 2.24) is 0 Å². The Balaban J connectivity index is 2.03. The normalized spacial score (nSPS) is 22.9. The molecule has 0 spiro atoms. The molecule has 0 radical (unpaired) electrons. The molecule has 0 aromatic carbocycles. The molecule has 0 aromatic heterocycles. The lowest BCUT2D eigenvalue weighted by Gasteiger charge is -2.38. The number of rotatable bonds is 21. The molecule has 0 fully saturated rings. The van der Waals surface area contributed by atoms with Gasteiger partial charge in [0.1, 0.15) is 6.61 Å². The summed E-state index contributed by atoms with van der Waals surface area (Å²) in [5, 5.41) is 20.5. The van der Waals surface area contributed by atoms with Gasteiger partial charge in [-0.3, -0.25) is 0 Å². The molecule has 0 aromatic rings. The van der Waals surface area contributed by atoms with E-state index in [1.807, 2.05) is 42.5 Å². The van der Waals surface area contributed by atoms with E-state index in [4.69, 9.17) is 4.74 Å². The molecular weight excluding hydrogens is 689 g/mol. The van der Waals surface area contributed by atoms with Gasteiger partial charge in [0.15, 0.2) is 0 Å². The first kappa shape index (κ1) is 48.4. The van der Waals surface area contributed by atoms with Crippen molar-refractivity contribution in [2.24, 2.45) is 16.7 Å². The van der Waals surface area contributed by atoms with E-state index in [2.05, 4.69) is 124 Å². The Kier molecular flexibility index (Phi) is 22.1. The third-order valence-corrected chi connectivity index (χ3v) is 10.8. The topological polar surface area (TPSA) is 66.8 Å². The van der Waals surface area contributed by atoms with Crippen LogP contribution >= 0.6 is 0 Å². The summed E-state index contributed by atoms with van der Waals surface area (Å²) in [5.41, 5.74) is 7.90. The monoisotopic (exact) mass is 765 g/mol. The van der Waals surface area contributed by atoms with Crippen LogP contribution < -0.4 is 0 Å². The molecule has 56 heavy (non-hydrogen) atoms. The maximum atomic E-state index is 12.6. The Bertz CT molecular complexity index is 1620. The maximum absolute atomic E-state index is 12.6. The maximum Gasteiger partial charge on any atom is 0.330 e. The van der Waals surface area contributed by atoms with Crippen molar-refractivity contribution in [3.63, 3.8) is 0 Å². The van der Waals surface area contributed by atoms with Crippen molar-refractivity contribution >= 4 is 5.97 Å². The van der Waals surface area contributed by atoms with Crippen LogP contribution in [0.5, 0.6) is 0 Å². The summed E-state index contributed by atoms with van der Waals surface area (Å²) in [6, 6.07) is 0. The molecule has 0 saturated heterocycles. The highest BCUT2D eigenvalue weighted by atomic mass is 16.5. The van der Waals surface area contributed by atoms with E-state index < -0.39 is 0 Å². The first-order valence-corrected chi connectivity index (χ1v) is 21.2. The van der Waals surface area contributed by atoms with Crippen molar-refractivity contribution in [1.29, 1.82) is 0 Å². The molecule has 0 saturated carbocycles. The molecule has 308 valence electrons. The summed E-state index contributed by atoms with van der Waals surface area (Å²) in [5.74, 6) is 0.00854. The van der Waals surface area contributed by atoms with Crippen LogP contribution in [0.4, 0.5) is 0 Å². The van der Waals surface area contributed by atoms with E-state index in [-0.39, 0.29) is 35.6 Å². The SMILES string of the molecule is CCCCCCCCC/C=C/C(=O)OCC(=C\C=C\C(C)=C\C=C\C=C(C)\C=C\C=C(C)\C=C\[C@H]1C(C)=C[C@H](O)CC1(C)C)/C=C/C1=C(C)C[C@@H](O)CC1(C)C. The van der Waals surface area contributed by atoms with Crippen LogP contribution in [0, 0.1) is 16.7 Å². The summed E-state index contributed by atoms with van der Waals surface area (Å²) in [6.07, 6.45) is 46.0. The Morgan fingerprint density at radius 2 is 1.36 bits per heavy atom. The van der Waals surface area contributed by atoms with Crippen molar-refractivity contribution in [2.45, 2.75) is 152 Å². The molecule has 0 unspecified atom stereocenters. The zero-order valence-corrected chi connectivity index (χ0v) is 36.7. The number of unbranched alkanes of at least 4 members (excludes halogenated alkanes) is 7. The molecule has 4 heteroatoms. The first-order valence-electron chi connectivity index (χ1n) is 21.2. The highest BCUT2D eigenvalue weighted by molar-refractivity contribution is 5.82. The predicted molar refractivity (Wildman–Crippen MR) is 241 cm³/mol. The zero-order chi connectivity index (χ0) is 41.6. The van der Waals surface area contributed by atoms with E-state index >= 15 is 0 Å². The molecule has 2 aliphatic rings. The Hall–Kier alpha value is -3.73. The molecule has 0 amide bonds. The second kappa shape index (κ2) is 25.5. The Labute approximate surface area is 342 Å². The fourth-order valence-electron chi connectivity index (χ4n) is 7.79. The van der Waals surface area contributed by atoms with Gasteiger partial charge in [-0.1, -0.05) is 198 Å². The number of aliphatic hydroxyl groups is 2. The molecule has 2 N–H and O–H groups in total. The van der Waals surface area contributed by atoms with Gasteiger partial charge in [-0.05, 0) is 88.7 Å². The summed E-state index contributed by atoms with van der Waals surface area (Å²) in [7, 11) is 0. The van der Waals surface area contributed by atoms with Crippen LogP contribution in [0.15, 0.2) is 142 Å². The van der Waals surface area contributed by atoms with Crippen molar-refractivity contribution in [3.05, 3.63) is 142 Å². The number of carbonyl (C=O) groups is 1. The lowest BCUT2D eigenvalue weighted by Crippen LogP contribution is -2.32. The molecule has 2 aliphatic carbocycles. The van der Waals surface area contributed by atoms with E-state index in [9.17, 15) is 15.0 Å². The van der Waals surface area contributed by atoms with E-state index in [1.54, 1.807) is 6.08 Å². The Morgan fingerprint density at radius 3 is 1.98 bits per heavy atom. The van der Waals surface area contributed by atoms with Gasteiger partial charge in [0.05, 0.1) is 12.2 Å². The number of allylic oxidation sites excluding steroid dienone is 19. The summed E-state index contributed by atoms with van der Waals surface area (Å²) >= 11 is 0. The van der Waals surface area contributed by atoms with Crippen LogP contribution in [-0.4, -0.2) is 35.0 Å². The molecular formula is C52H76O4. The average Bonchev–Trinajstić information content (AvgIpc) is 3.09. The predicted octanol–water partition coefficient (Wildman–Crippen LogP) is 13.6. The van der Waals surface area contributed by atoms with Crippen LogP contribution in [0.1, 0.15) is 140 Å². The van der Waals surface area contributed by atoms with Gasteiger partial charge in [-0.2, -0.15) is 0 Å². The number of ether oxygens (including phenoxy) is 1. The third kappa shape index (κ3) is 19.4. The van der Waals surface area contributed by atoms with Crippen LogP contribution in [0.2, 0.25) is 0 Å². The molecule has 0 aliphatic heterocycles. The van der Waals surface area contributed by atoms with Gasteiger partial charge in [-0.15, -0.1) is 0 Å². The van der Waals surface area contributed by atoms with E-state index in [0.29, 0.717) is 12.3 Å². The van der Waals surface area contributed by atoms with E-state index in [1.165, 1.54) is 60.8 Å². The van der Waals surface area contributed by atoms with Gasteiger partial charge in [-0.25, -0.2) is 4.79 Å². The average molecular weight is 765 g/mol. The second-order valence-corrected chi connectivity index (χ2v) is 17.5. The van der Waals surface area contributed by atoms with Gasteiger partial charge in [0.25, 0.3) is 0 Å². The molecule has 4 nitrogen and oxygen atoms in total. The quantitative estimate of drug-likeness (QED) is 0.0402. The highest BCUT2D eigenvalue weighted by Crippen LogP contribution is 2.42. The van der Waals surface area contributed by atoms with Crippen LogP contribution in [0.25, 0.3) is 0 Å². The number of esters is 1. The van der Waals surface area contributed by atoms with Gasteiger partial charge < -0.3 is 14.9 Å². The van der Waals surface area contributed by atoms with Crippen LogP contribution in [0.3, 0.4) is 0 Å². The van der Waals surface area contributed by atoms with Crippen LogP contribution in [-0.2, 0) is 9.53 Å². The van der Waals surface area contributed by atoms with E-state index in [0.717, 1.165) is 42.4 Å². The third-order valence-electron chi connectivity index (χ3n) is 10.8. The zero-order valence-electron chi connectivity index (χ0n) is 36.7. The summed E-state index contributed by atoms with van der Waals surface area (Å²) in [4.78, 5) is 12.6. The van der Waals surface area contributed by atoms with Gasteiger partial charge >= 0.3 is 5.97 Å². The second-order valence-electron chi connectivity index (χ2n) is 17.5. The fourth-order valence-corrected chi connectivity index (χ4v) is 7.79. The summed E-state index contributed by atoms with van der Waals surface area (Å²) in [6.45, 7) is 21.7. The van der Waals surface area contributed by atoms with Crippen molar-refractivity contribution in [2.75, 3.05) is 6.61 Å². The minimum atomic E-state index is -0.349. The first-order chi connectivity index (χ1) is 26.5. The number of hydrogen-bond donors (Lipinski definition) is 2. The fraction of sp³-hybridized carbons (Fsp3) is 0.519. The van der Waals surface area contributed by atoms with Crippen molar-refractivity contribution in [3.8, 4) is 0 Å². The lowest BCUT2D eigenvalue weighted by molar-refractivity contribution is -0.136. The minimum Gasteiger partial charge on any atom is -0.458 e. The molecule has 3 atom stereocenters. The lowest BCUT2D eigenvalue weighted by atomic mass is 9.67. The standard InChI is InChI=1S/C52H76O4/c1-11-12-13-14-15-16-17-18-19-30-50(55)56-39-45(32-34-49-44(6)36-47(54)38-52(49,9)10)29-23-28-41(3)25-21-20-24-40(2)26-22-27-42(4)31-33-48-43(5)35-46(53)37-51(48,7)8/h19-35,46-48,53-54H,11-18,36-39H2,1-10H3/b21-20+,26-22+,28-23+,30-19+,33-31+,34-32+,40-24+,41-25+,42-27+,45-29-/t46-,47+,48-/m0/s1. The minimum absolute atomic E-state index is 0.0341. The highest BCUT2D eigenvalue weighted by Gasteiger charge is 2.34. The molecule has 0 bridgehead atoms. The van der Waals surface area contributed by atoms with Gasteiger partial charge in [0, 0.05) is 12.0 Å². The smallest absolute Gasteiger partial charge is 0.330 e. The van der Waals surface area contributed by atoms with Crippen molar-refractivity contribution < 1.29 is 19.7 Å². The Morgan fingerprint density at radius 1 is 0.768 bits per heavy atom. The summed E-state index contributed by atoms with van der Waals surface area (Å²) < 4.78 is 5.67. The number of aliphatic hydroxyl groups excluding tert-OH is 2. The molecule has 2 rings (SSSR count). The number of carbonyl (C=O) groups excluding carboxylic acids is 1. The largest absolute Gasteiger partial charge is 0.458 e. The number of hydrogen-bond acceptors (Lipinski definition) is 4.